The van der Waals surface area contributed by atoms with E-state index in [4.69, 9.17) is 9.47 Å². The number of hydrogen-bond acceptors (Lipinski definition) is 4. The van der Waals surface area contributed by atoms with E-state index in [0.29, 0.717) is 31.0 Å². The van der Waals surface area contributed by atoms with Crippen molar-refractivity contribution >= 4 is 32.6 Å². The number of fused-ring (bicyclic) bond motifs is 1. The number of hydrogen-bond donors (Lipinski definition) is 0. The topological polar surface area (TPSA) is 55.8 Å². The van der Waals surface area contributed by atoms with Crippen LogP contribution in [0.5, 0.6) is 11.5 Å². The first-order valence-corrected chi connectivity index (χ1v) is 8.68. The largest absolute Gasteiger partial charge is 0.493 e. The van der Waals surface area contributed by atoms with Crippen LogP contribution in [0.2, 0.25) is 0 Å². The number of rotatable bonds is 3. The van der Waals surface area contributed by atoms with E-state index in [0.717, 1.165) is 14.7 Å². The number of benzene rings is 1. The van der Waals surface area contributed by atoms with E-state index in [2.05, 4.69) is 22.6 Å². The zero-order chi connectivity index (χ0) is 14.2. The van der Waals surface area contributed by atoms with Gasteiger partial charge in [-0.2, -0.15) is 4.31 Å². The molecule has 0 amide bonds. The molecule has 0 aromatic heterocycles. The van der Waals surface area contributed by atoms with Crippen LogP contribution in [0.1, 0.15) is 11.1 Å². The Kier molecular flexibility index (Phi) is 4.26. The van der Waals surface area contributed by atoms with Gasteiger partial charge in [-0.25, -0.2) is 8.42 Å². The molecular weight excluding hydrogens is 381 g/mol. The molecule has 1 aliphatic heterocycles. The van der Waals surface area contributed by atoms with Crippen molar-refractivity contribution in [2.45, 2.75) is 13.0 Å². The van der Waals surface area contributed by atoms with Crippen LogP contribution in [-0.4, -0.2) is 39.7 Å². The maximum atomic E-state index is 11.7. The molecule has 1 aliphatic rings. The first-order chi connectivity index (χ1) is 8.88. The van der Waals surface area contributed by atoms with Crippen LogP contribution in [0.15, 0.2) is 6.07 Å². The highest BCUT2D eigenvalue weighted by molar-refractivity contribution is 14.1. The highest BCUT2D eigenvalue weighted by Crippen LogP contribution is 2.39. The van der Waals surface area contributed by atoms with Crippen LogP contribution in [0.4, 0.5) is 0 Å². The molecule has 0 fully saturated rings. The molecule has 106 valence electrons. The third kappa shape index (κ3) is 2.82. The van der Waals surface area contributed by atoms with Gasteiger partial charge in [0, 0.05) is 22.2 Å². The molecule has 7 heteroatoms. The molecule has 0 saturated heterocycles. The Hall–Kier alpha value is -0.540. The lowest BCUT2D eigenvalue weighted by molar-refractivity contribution is 0.334. The van der Waals surface area contributed by atoms with Gasteiger partial charge >= 0.3 is 0 Å². The van der Waals surface area contributed by atoms with Gasteiger partial charge < -0.3 is 9.47 Å². The lowest BCUT2D eigenvalue weighted by atomic mass is 9.99. The molecule has 0 atom stereocenters. The second kappa shape index (κ2) is 5.45. The van der Waals surface area contributed by atoms with Gasteiger partial charge in [-0.05, 0) is 40.6 Å². The van der Waals surface area contributed by atoms with Crippen LogP contribution < -0.4 is 9.47 Å². The second-order valence-corrected chi connectivity index (χ2v) is 7.54. The number of ether oxygens (including phenoxy) is 2. The third-order valence-corrected chi connectivity index (χ3v) is 5.46. The molecule has 19 heavy (non-hydrogen) atoms. The maximum absolute atomic E-state index is 11.7. The van der Waals surface area contributed by atoms with Gasteiger partial charge in [0.2, 0.25) is 10.0 Å². The quantitative estimate of drug-likeness (QED) is 0.728. The van der Waals surface area contributed by atoms with Crippen molar-refractivity contribution in [1.82, 2.24) is 4.31 Å². The fraction of sp³-hybridized carbons (Fsp3) is 0.500. The van der Waals surface area contributed by atoms with E-state index in [-0.39, 0.29) is 0 Å². The van der Waals surface area contributed by atoms with Gasteiger partial charge in [-0.15, -0.1) is 0 Å². The van der Waals surface area contributed by atoms with E-state index in [1.807, 2.05) is 6.07 Å². The van der Waals surface area contributed by atoms with Crippen LogP contribution in [0.25, 0.3) is 0 Å². The van der Waals surface area contributed by atoms with Gasteiger partial charge in [-0.3, -0.25) is 0 Å². The summed E-state index contributed by atoms with van der Waals surface area (Å²) in [5.41, 5.74) is 2.06. The summed E-state index contributed by atoms with van der Waals surface area (Å²) in [7, 11) is -0.0368. The summed E-state index contributed by atoms with van der Waals surface area (Å²) >= 11 is 2.25. The summed E-state index contributed by atoms with van der Waals surface area (Å²) in [6.45, 7) is 0.849. The standard InChI is InChI=1S/C12H16INO4S/c1-17-11-6-10(13)8-4-5-14(19(3,15)16)7-9(8)12(11)18-2/h6H,4-5,7H2,1-3H3. The molecule has 1 aromatic carbocycles. The molecule has 0 N–H and O–H groups in total. The average molecular weight is 397 g/mol. The minimum absolute atomic E-state index is 0.338. The molecule has 0 radical (unpaired) electrons. The van der Waals surface area contributed by atoms with Crippen molar-refractivity contribution < 1.29 is 17.9 Å². The molecule has 0 saturated carbocycles. The maximum Gasteiger partial charge on any atom is 0.211 e. The van der Waals surface area contributed by atoms with E-state index in [1.54, 1.807) is 14.2 Å². The molecule has 1 heterocycles. The Labute approximate surface area is 127 Å². The van der Waals surface area contributed by atoms with Crippen LogP contribution in [-0.2, 0) is 23.0 Å². The summed E-state index contributed by atoms with van der Waals surface area (Å²) in [4.78, 5) is 0. The fourth-order valence-corrected chi connectivity index (χ4v) is 3.95. The van der Waals surface area contributed by atoms with Crippen LogP contribution >= 0.6 is 22.6 Å². The lowest BCUT2D eigenvalue weighted by Crippen LogP contribution is -2.35. The Balaban J connectivity index is 2.55. The highest BCUT2D eigenvalue weighted by atomic mass is 127. The van der Waals surface area contributed by atoms with E-state index >= 15 is 0 Å². The molecule has 0 spiro atoms. The summed E-state index contributed by atoms with van der Waals surface area (Å²) in [5.74, 6) is 1.27. The third-order valence-electron chi connectivity index (χ3n) is 3.25. The number of halogens is 1. The fourth-order valence-electron chi connectivity index (χ4n) is 2.29. The molecule has 0 bridgehead atoms. The van der Waals surface area contributed by atoms with Gasteiger partial charge in [0.05, 0.1) is 20.5 Å². The average Bonchev–Trinajstić information content (AvgIpc) is 2.36. The van der Waals surface area contributed by atoms with Gasteiger partial charge in [0.1, 0.15) is 0 Å². The van der Waals surface area contributed by atoms with Crippen molar-refractivity contribution in [3.8, 4) is 11.5 Å². The summed E-state index contributed by atoms with van der Waals surface area (Å²) < 4.78 is 36.6. The Bertz CT molecular complexity index is 600. The van der Waals surface area contributed by atoms with Crippen molar-refractivity contribution in [1.29, 1.82) is 0 Å². The predicted octanol–water partition coefficient (Wildman–Crippen LogP) is 1.63. The molecule has 2 rings (SSSR count). The Morgan fingerprint density at radius 1 is 1.26 bits per heavy atom. The van der Waals surface area contributed by atoms with Gasteiger partial charge in [0.15, 0.2) is 11.5 Å². The first kappa shape index (κ1) is 14.9. The smallest absolute Gasteiger partial charge is 0.211 e. The minimum Gasteiger partial charge on any atom is -0.493 e. The number of nitrogens with zero attached hydrogens (tertiary/aromatic N) is 1. The first-order valence-electron chi connectivity index (χ1n) is 5.75. The zero-order valence-electron chi connectivity index (χ0n) is 11.1. The monoisotopic (exact) mass is 397 g/mol. The second-order valence-electron chi connectivity index (χ2n) is 4.40. The van der Waals surface area contributed by atoms with E-state index < -0.39 is 10.0 Å². The molecule has 0 aliphatic carbocycles. The predicted molar refractivity (Wildman–Crippen MR) is 81.2 cm³/mol. The van der Waals surface area contributed by atoms with Crippen LogP contribution in [0, 0.1) is 3.57 Å². The molecule has 5 nitrogen and oxygen atoms in total. The Morgan fingerprint density at radius 3 is 2.47 bits per heavy atom. The summed E-state index contributed by atoms with van der Waals surface area (Å²) in [5, 5.41) is 0. The summed E-state index contributed by atoms with van der Waals surface area (Å²) in [6, 6.07) is 1.92. The highest BCUT2D eigenvalue weighted by Gasteiger charge is 2.28. The van der Waals surface area contributed by atoms with Crippen molar-refractivity contribution in [2.24, 2.45) is 0 Å². The van der Waals surface area contributed by atoms with E-state index in [1.165, 1.54) is 10.6 Å². The Morgan fingerprint density at radius 2 is 1.95 bits per heavy atom. The molecule has 1 aromatic rings. The van der Waals surface area contributed by atoms with Crippen LogP contribution in [0.3, 0.4) is 0 Å². The zero-order valence-corrected chi connectivity index (χ0v) is 14.0. The molecule has 0 unspecified atom stereocenters. The van der Waals surface area contributed by atoms with Crippen molar-refractivity contribution in [3.63, 3.8) is 0 Å². The number of sulfonamides is 1. The van der Waals surface area contributed by atoms with Gasteiger partial charge in [0.25, 0.3) is 0 Å². The minimum atomic E-state index is -3.19. The van der Waals surface area contributed by atoms with Gasteiger partial charge in [-0.1, -0.05) is 0 Å². The molecular formula is C12H16INO4S. The van der Waals surface area contributed by atoms with Crippen molar-refractivity contribution in [3.05, 3.63) is 20.8 Å². The number of methoxy groups -OCH3 is 2. The SMILES string of the molecule is COc1cc(I)c2c(c1OC)CN(S(C)(=O)=O)CC2. The lowest BCUT2D eigenvalue weighted by Gasteiger charge is -2.29. The van der Waals surface area contributed by atoms with Crippen molar-refractivity contribution in [2.75, 3.05) is 27.0 Å². The normalized spacial score (nSPS) is 16.0. The van der Waals surface area contributed by atoms with E-state index in [9.17, 15) is 8.42 Å². The summed E-state index contributed by atoms with van der Waals surface area (Å²) in [6.07, 6.45) is 1.93.